The van der Waals surface area contributed by atoms with Gasteiger partial charge in [-0.15, -0.1) is 0 Å². The molecule has 2 rings (SSSR count). The van der Waals surface area contributed by atoms with E-state index in [0.717, 1.165) is 0 Å². The average molecular weight is 287 g/mol. The van der Waals surface area contributed by atoms with Gasteiger partial charge in [-0.1, -0.05) is 11.8 Å². The van der Waals surface area contributed by atoms with Crippen LogP contribution >= 0.6 is 0 Å². The molecule has 4 N–H and O–H groups in total. The van der Waals surface area contributed by atoms with Crippen molar-refractivity contribution < 1.29 is 14.6 Å². The molecule has 0 aliphatic heterocycles. The van der Waals surface area contributed by atoms with Gasteiger partial charge in [-0.2, -0.15) is 0 Å². The number of aromatic nitrogens is 2. The summed E-state index contributed by atoms with van der Waals surface area (Å²) in [6.07, 6.45) is 1.28. The van der Waals surface area contributed by atoms with E-state index in [2.05, 4.69) is 27.1 Å². The molecule has 1 amide bonds. The van der Waals surface area contributed by atoms with E-state index in [1.807, 2.05) is 0 Å². The number of aromatic amines is 2. The fraction of sp³-hybridized carbons (Fsp3) is 0.143. The minimum atomic E-state index is -0.487. The third-order valence-corrected chi connectivity index (χ3v) is 2.60. The Morgan fingerprint density at radius 2 is 2.29 bits per heavy atom. The van der Waals surface area contributed by atoms with Gasteiger partial charge in [0.2, 0.25) is 0 Å². The summed E-state index contributed by atoms with van der Waals surface area (Å²) in [4.78, 5) is 27.7. The van der Waals surface area contributed by atoms with Gasteiger partial charge in [0, 0.05) is 11.8 Å². The van der Waals surface area contributed by atoms with Crippen LogP contribution in [0.25, 0.3) is 0 Å². The fourth-order valence-corrected chi connectivity index (χ4v) is 1.67. The van der Waals surface area contributed by atoms with Crippen LogP contribution in [0.3, 0.4) is 0 Å². The number of amides is 1. The number of aliphatic hydroxyl groups is 1. The summed E-state index contributed by atoms with van der Waals surface area (Å²) < 4.78 is 5.15. The van der Waals surface area contributed by atoms with Gasteiger partial charge in [-0.25, -0.2) is 4.79 Å². The van der Waals surface area contributed by atoms with Gasteiger partial charge in [-0.3, -0.25) is 4.79 Å². The molecule has 0 saturated carbocycles. The Bertz CT molecular complexity index is 764. The number of benzene rings is 1. The summed E-state index contributed by atoms with van der Waals surface area (Å²) in [6.45, 7) is -0.252. The fourth-order valence-electron chi connectivity index (χ4n) is 1.67. The van der Waals surface area contributed by atoms with Crippen LogP contribution in [0.5, 0.6) is 5.75 Å². The zero-order valence-corrected chi connectivity index (χ0v) is 11.2. The van der Waals surface area contributed by atoms with Crippen molar-refractivity contribution in [3.63, 3.8) is 0 Å². The van der Waals surface area contributed by atoms with Gasteiger partial charge >= 0.3 is 5.69 Å². The van der Waals surface area contributed by atoms with E-state index >= 15 is 0 Å². The van der Waals surface area contributed by atoms with Gasteiger partial charge < -0.3 is 25.1 Å². The van der Waals surface area contributed by atoms with Gasteiger partial charge in [0.25, 0.3) is 5.91 Å². The Labute approximate surface area is 120 Å². The number of H-pyrrole nitrogens is 2. The molecule has 0 saturated heterocycles. The number of hydrogen-bond acceptors (Lipinski definition) is 4. The van der Waals surface area contributed by atoms with E-state index in [9.17, 15) is 9.59 Å². The lowest BCUT2D eigenvalue weighted by Gasteiger charge is -2.09. The monoisotopic (exact) mass is 287 g/mol. The van der Waals surface area contributed by atoms with Crippen molar-refractivity contribution in [2.75, 3.05) is 19.0 Å². The van der Waals surface area contributed by atoms with Crippen molar-refractivity contribution in [3.8, 4) is 17.6 Å². The number of ether oxygens (including phenoxy) is 1. The zero-order chi connectivity index (χ0) is 15.2. The SMILES string of the molecule is COc1ccc(C#CCO)cc1NC(=O)c1c[nH]c(=O)[nH]1. The molecule has 0 aliphatic carbocycles. The van der Waals surface area contributed by atoms with Crippen molar-refractivity contribution >= 4 is 11.6 Å². The predicted octanol–water partition coefficient (Wildman–Crippen LogP) is 0.308. The molecular formula is C14H13N3O4. The minimum absolute atomic E-state index is 0.105. The Morgan fingerprint density at radius 1 is 1.48 bits per heavy atom. The molecule has 108 valence electrons. The quantitative estimate of drug-likeness (QED) is 0.609. The van der Waals surface area contributed by atoms with Crippen LogP contribution in [0.1, 0.15) is 16.1 Å². The third-order valence-electron chi connectivity index (χ3n) is 2.60. The second kappa shape index (κ2) is 6.45. The summed E-state index contributed by atoms with van der Waals surface area (Å²) in [5.74, 6) is 5.22. The lowest BCUT2D eigenvalue weighted by atomic mass is 10.2. The smallest absolute Gasteiger partial charge is 0.323 e. The van der Waals surface area contributed by atoms with E-state index in [1.54, 1.807) is 18.2 Å². The second-order valence-corrected chi connectivity index (χ2v) is 3.99. The van der Waals surface area contributed by atoms with Gasteiger partial charge in [0.1, 0.15) is 18.1 Å². The highest BCUT2D eigenvalue weighted by molar-refractivity contribution is 6.03. The van der Waals surface area contributed by atoms with Crippen molar-refractivity contribution in [1.29, 1.82) is 0 Å². The third kappa shape index (κ3) is 3.52. The molecule has 0 unspecified atom stereocenters. The molecule has 1 heterocycles. The van der Waals surface area contributed by atoms with E-state index < -0.39 is 11.6 Å². The predicted molar refractivity (Wildman–Crippen MR) is 76.3 cm³/mol. The number of imidazole rings is 1. The lowest BCUT2D eigenvalue weighted by molar-refractivity contribution is 0.102. The standard InChI is InChI=1S/C14H13N3O4/c1-21-12-5-4-9(3-2-6-18)7-10(12)16-13(19)11-8-15-14(20)17-11/h4-5,7-8,18H,6H2,1H3,(H,16,19)(H2,15,17,20). The van der Waals surface area contributed by atoms with Crippen molar-refractivity contribution in [2.45, 2.75) is 0 Å². The molecule has 2 aromatic rings. The molecule has 7 heteroatoms. The highest BCUT2D eigenvalue weighted by Gasteiger charge is 2.11. The maximum Gasteiger partial charge on any atom is 0.323 e. The summed E-state index contributed by atoms with van der Waals surface area (Å²) in [5.41, 5.74) is 0.667. The van der Waals surface area contributed by atoms with Crippen LogP contribution in [-0.2, 0) is 0 Å². The molecule has 0 bridgehead atoms. The number of anilines is 1. The van der Waals surface area contributed by atoms with Crippen molar-refractivity contribution in [3.05, 3.63) is 46.1 Å². The largest absolute Gasteiger partial charge is 0.495 e. The summed E-state index contributed by atoms with van der Waals surface area (Å²) >= 11 is 0. The van der Waals surface area contributed by atoms with Crippen LogP contribution in [0.2, 0.25) is 0 Å². The molecule has 0 radical (unpaired) electrons. The average Bonchev–Trinajstić information content (AvgIpc) is 2.92. The van der Waals surface area contributed by atoms with Crippen LogP contribution < -0.4 is 15.7 Å². The number of carbonyl (C=O) groups excluding carboxylic acids is 1. The molecule has 0 spiro atoms. The minimum Gasteiger partial charge on any atom is -0.495 e. The number of hydrogen-bond donors (Lipinski definition) is 4. The molecule has 1 aromatic carbocycles. The van der Waals surface area contributed by atoms with Gasteiger partial charge in [-0.05, 0) is 18.2 Å². The van der Waals surface area contributed by atoms with Crippen LogP contribution in [0.15, 0.2) is 29.2 Å². The number of rotatable bonds is 3. The molecule has 0 atom stereocenters. The maximum atomic E-state index is 12.0. The lowest BCUT2D eigenvalue weighted by Crippen LogP contribution is -2.14. The molecule has 0 aliphatic rings. The van der Waals surface area contributed by atoms with E-state index in [-0.39, 0.29) is 12.3 Å². The number of nitrogens with one attached hydrogen (secondary N) is 3. The normalized spacial score (nSPS) is 9.62. The van der Waals surface area contributed by atoms with Crippen LogP contribution in [0.4, 0.5) is 5.69 Å². The Morgan fingerprint density at radius 3 is 2.90 bits per heavy atom. The van der Waals surface area contributed by atoms with E-state index in [1.165, 1.54) is 13.3 Å². The first-order chi connectivity index (χ1) is 10.1. The second-order valence-electron chi connectivity index (χ2n) is 3.99. The topological polar surface area (TPSA) is 107 Å². The van der Waals surface area contributed by atoms with Crippen molar-refractivity contribution in [2.24, 2.45) is 0 Å². The Hall–Kier alpha value is -2.98. The van der Waals surface area contributed by atoms with Crippen LogP contribution in [0, 0.1) is 11.8 Å². The van der Waals surface area contributed by atoms with Gasteiger partial charge in [0.05, 0.1) is 12.8 Å². The first-order valence-electron chi connectivity index (χ1n) is 6.01. The Kier molecular flexibility index (Phi) is 4.43. The van der Waals surface area contributed by atoms with Crippen LogP contribution in [-0.4, -0.2) is 34.7 Å². The molecule has 7 nitrogen and oxygen atoms in total. The van der Waals surface area contributed by atoms with Crippen molar-refractivity contribution in [1.82, 2.24) is 9.97 Å². The van der Waals surface area contributed by atoms with E-state index in [0.29, 0.717) is 17.0 Å². The number of carbonyl (C=O) groups is 1. The summed E-state index contributed by atoms with van der Waals surface area (Å²) in [5, 5.41) is 11.3. The first kappa shape index (κ1) is 14.4. The number of methoxy groups -OCH3 is 1. The highest BCUT2D eigenvalue weighted by Crippen LogP contribution is 2.25. The number of aliphatic hydroxyl groups excluding tert-OH is 1. The highest BCUT2D eigenvalue weighted by atomic mass is 16.5. The molecule has 1 aromatic heterocycles. The van der Waals surface area contributed by atoms with E-state index in [4.69, 9.17) is 9.84 Å². The molecular weight excluding hydrogens is 274 g/mol. The molecule has 0 fully saturated rings. The Balaban J connectivity index is 2.28. The summed E-state index contributed by atoms with van der Waals surface area (Å²) in [7, 11) is 1.47. The maximum absolute atomic E-state index is 12.0. The molecule has 21 heavy (non-hydrogen) atoms. The van der Waals surface area contributed by atoms with Gasteiger partial charge in [0.15, 0.2) is 0 Å². The zero-order valence-electron chi connectivity index (χ0n) is 11.2. The first-order valence-corrected chi connectivity index (χ1v) is 6.01. The summed E-state index contributed by atoms with van der Waals surface area (Å²) in [6, 6.07) is 4.97.